The quantitative estimate of drug-likeness (QED) is 0.442. The van der Waals surface area contributed by atoms with E-state index in [1.807, 2.05) is 42.5 Å². The second-order valence-corrected chi connectivity index (χ2v) is 8.39. The number of hydrogen-bond donors (Lipinski definition) is 1. The Morgan fingerprint density at radius 2 is 1.90 bits per heavy atom. The number of anilines is 1. The molecule has 0 aliphatic carbocycles. The van der Waals surface area contributed by atoms with Crippen molar-refractivity contribution in [3.05, 3.63) is 76.2 Å². The van der Waals surface area contributed by atoms with Crippen molar-refractivity contribution in [1.82, 2.24) is 19.8 Å². The number of hydrogen-bond acceptors (Lipinski definition) is 8. The maximum Gasteiger partial charge on any atom is 0.297 e. The van der Waals surface area contributed by atoms with E-state index in [1.54, 1.807) is 19.2 Å². The highest BCUT2D eigenvalue weighted by Crippen LogP contribution is 2.25. The number of methoxy groups -OCH3 is 1. The number of para-hydroxylation sites is 2. The molecule has 2 aromatic carbocycles. The first-order chi connectivity index (χ1) is 14.6. The van der Waals surface area contributed by atoms with E-state index in [9.17, 15) is 9.59 Å². The number of nitrogens with one attached hydrogen (secondary N) is 1. The Labute approximate surface area is 179 Å². The molecule has 0 saturated heterocycles. The normalized spacial score (nSPS) is 10.8. The predicted octanol–water partition coefficient (Wildman–Crippen LogP) is 2.88. The lowest BCUT2D eigenvalue weighted by Crippen LogP contribution is -2.22. The van der Waals surface area contributed by atoms with Crippen LogP contribution in [0, 0.1) is 0 Å². The maximum absolute atomic E-state index is 12.7. The predicted molar refractivity (Wildman–Crippen MR) is 117 cm³/mol. The number of benzene rings is 2. The number of amides is 1. The maximum atomic E-state index is 12.7. The minimum Gasteiger partial charge on any atom is -0.495 e. The highest BCUT2D eigenvalue weighted by atomic mass is 32.2. The van der Waals surface area contributed by atoms with Gasteiger partial charge in [-0.05, 0) is 17.7 Å². The van der Waals surface area contributed by atoms with E-state index in [0.29, 0.717) is 32.9 Å². The first kappa shape index (κ1) is 20.0. The molecule has 1 N–H and O–H groups in total. The van der Waals surface area contributed by atoms with Gasteiger partial charge in [0.05, 0.1) is 18.6 Å². The van der Waals surface area contributed by atoms with Crippen LogP contribution in [-0.4, -0.2) is 38.6 Å². The topological polar surface area (TPSA) is 98.5 Å². The zero-order valence-corrected chi connectivity index (χ0v) is 17.6. The second kappa shape index (κ2) is 9.06. The number of fused-ring (bicyclic) bond motifs is 1. The van der Waals surface area contributed by atoms with Gasteiger partial charge in [-0.3, -0.25) is 9.59 Å². The fraction of sp³-hybridized carbons (Fsp3) is 0.150. The molecule has 2 aromatic heterocycles. The van der Waals surface area contributed by atoms with Gasteiger partial charge in [-0.15, -0.1) is 15.3 Å². The van der Waals surface area contributed by atoms with Gasteiger partial charge in [-0.2, -0.15) is 4.52 Å². The summed E-state index contributed by atoms with van der Waals surface area (Å²) < 4.78 is 7.04. The third kappa shape index (κ3) is 4.50. The summed E-state index contributed by atoms with van der Waals surface area (Å²) in [5, 5.41) is 15.3. The lowest BCUT2D eigenvalue weighted by molar-refractivity contribution is -0.113. The first-order valence-electron chi connectivity index (χ1n) is 8.99. The van der Waals surface area contributed by atoms with Crippen molar-refractivity contribution in [3.8, 4) is 5.75 Å². The molecule has 0 saturated carbocycles. The van der Waals surface area contributed by atoms with Crippen molar-refractivity contribution in [2.24, 2.45) is 0 Å². The van der Waals surface area contributed by atoms with Gasteiger partial charge in [0.1, 0.15) is 11.4 Å². The number of rotatable bonds is 7. The van der Waals surface area contributed by atoms with E-state index in [4.69, 9.17) is 4.74 Å². The standard InChI is InChI=1S/C20H17N5O3S2/c1-28-16-10-6-5-9-14(16)21-17(26)12-29-20-24-25-18(27)15(22-23-19(25)30-20)11-13-7-3-2-4-8-13/h2-10H,11-12H2,1H3,(H,21,26). The molecule has 0 aliphatic heterocycles. The number of nitrogens with zero attached hydrogens (tertiary/aromatic N) is 4. The van der Waals surface area contributed by atoms with Crippen molar-refractivity contribution in [2.45, 2.75) is 10.8 Å². The molecule has 0 atom stereocenters. The highest BCUT2D eigenvalue weighted by molar-refractivity contribution is 8.01. The van der Waals surface area contributed by atoms with Gasteiger partial charge < -0.3 is 10.1 Å². The van der Waals surface area contributed by atoms with Gasteiger partial charge in [0.15, 0.2) is 4.34 Å². The molecule has 8 nitrogen and oxygen atoms in total. The fourth-order valence-electron chi connectivity index (χ4n) is 2.75. The summed E-state index contributed by atoms with van der Waals surface area (Å²) in [6.45, 7) is 0. The molecule has 0 radical (unpaired) electrons. The molecule has 152 valence electrons. The summed E-state index contributed by atoms with van der Waals surface area (Å²) in [6, 6.07) is 16.8. The van der Waals surface area contributed by atoms with Crippen LogP contribution in [-0.2, 0) is 11.2 Å². The Hall–Kier alpha value is -3.24. The summed E-state index contributed by atoms with van der Waals surface area (Å²) in [7, 11) is 1.55. The van der Waals surface area contributed by atoms with E-state index in [1.165, 1.54) is 27.6 Å². The SMILES string of the molecule is COc1ccccc1NC(=O)CSc1nn2c(=O)c(Cc3ccccc3)nnc2s1. The van der Waals surface area contributed by atoms with Crippen molar-refractivity contribution in [3.63, 3.8) is 0 Å². The molecule has 2 heterocycles. The second-order valence-electron chi connectivity index (χ2n) is 6.21. The van der Waals surface area contributed by atoms with Gasteiger partial charge in [-0.25, -0.2) is 0 Å². The van der Waals surface area contributed by atoms with Crippen molar-refractivity contribution in [1.29, 1.82) is 0 Å². The molecule has 0 fully saturated rings. The third-order valence-electron chi connectivity index (χ3n) is 4.16. The Morgan fingerprint density at radius 1 is 1.13 bits per heavy atom. The van der Waals surface area contributed by atoms with Gasteiger partial charge in [-0.1, -0.05) is 65.6 Å². The number of carbonyl (C=O) groups excluding carboxylic acids is 1. The Kier molecular flexibility index (Phi) is 6.05. The molecule has 0 aliphatic rings. The summed E-state index contributed by atoms with van der Waals surface area (Å²) in [4.78, 5) is 25.4. The van der Waals surface area contributed by atoms with Crippen LogP contribution in [0.25, 0.3) is 4.96 Å². The zero-order chi connectivity index (χ0) is 20.9. The Morgan fingerprint density at radius 3 is 2.70 bits per heavy atom. The Bertz CT molecular complexity index is 1240. The van der Waals surface area contributed by atoms with E-state index >= 15 is 0 Å². The van der Waals surface area contributed by atoms with Gasteiger partial charge >= 0.3 is 0 Å². The zero-order valence-electron chi connectivity index (χ0n) is 15.9. The van der Waals surface area contributed by atoms with Gasteiger partial charge in [0, 0.05) is 6.42 Å². The smallest absolute Gasteiger partial charge is 0.297 e. The van der Waals surface area contributed by atoms with Gasteiger partial charge in [0.2, 0.25) is 10.9 Å². The van der Waals surface area contributed by atoms with Crippen LogP contribution in [0.1, 0.15) is 11.3 Å². The molecule has 4 aromatic rings. The van der Waals surface area contributed by atoms with Crippen molar-refractivity contribution < 1.29 is 9.53 Å². The average Bonchev–Trinajstić information content (AvgIpc) is 3.19. The van der Waals surface area contributed by atoms with Crippen molar-refractivity contribution in [2.75, 3.05) is 18.2 Å². The third-order valence-corrected chi connectivity index (χ3v) is 6.19. The van der Waals surface area contributed by atoms with Crippen LogP contribution >= 0.6 is 23.1 Å². The van der Waals surface area contributed by atoms with Crippen LogP contribution in [0.2, 0.25) is 0 Å². The fourth-order valence-corrected chi connectivity index (χ4v) is 4.42. The van der Waals surface area contributed by atoms with Crippen LogP contribution in [0.5, 0.6) is 5.75 Å². The van der Waals surface area contributed by atoms with Crippen LogP contribution in [0.3, 0.4) is 0 Å². The van der Waals surface area contributed by atoms with Gasteiger partial charge in [0.25, 0.3) is 5.56 Å². The lowest BCUT2D eigenvalue weighted by atomic mass is 10.1. The minimum absolute atomic E-state index is 0.136. The molecular weight excluding hydrogens is 422 g/mol. The minimum atomic E-state index is -0.301. The summed E-state index contributed by atoms with van der Waals surface area (Å²) in [5.41, 5.74) is 1.60. The number of carbonyl (C=O) groups is 1. The van der Waals surface area contributed by atoms with Crippen LogP contribution in [0.4, 0.5) is 5.69 Å². The molecule has 30 heavy (non-hydrogen) atoms. The van der Waals surface area contributed by atoms with E-state index in [2.05, 4.69) is 20.6 Å². The van der Waals surface area contributed by atoms with Crippen LogP contribution in [0.15, 0.2) is 63.7 Å². The number of thioether (sulfide) groups is 1. The van der Waals surface area contributed by atoms with E-state index in [-0.39, 0.29) is 17.2 Å². The number of aromatic nitrogens is 4. The molecule has 0 bridgehead atoms. The molecule has 10 heteroatoms. The van der Waals surface area contributed by atoms with E-state index in [0.717, 1.165) is 5.56 Å². The molecule has 0 unspecified atom stereocenters. The Balaban J connectivity index is 1.45. The highest BCUT2D eigenvalue weighted by Gasteiger charge is 2.14. The summed E-state index contributed by atoms with van der Waals surface area (Å²) >= 11 is 2.45. The summed E-state index contributed by atoms with van der Waals surface area (Å²) in [6.07, 6.45) is 0.386. The lowest BCUT2D eigenvalue weighted by Gasteiger charge is -2.08. The first-order valence-corrected chi connectivity index (χ1v) is 10.8. The van der Waals surface area contributed by atoms with Crippen LogP contribution < -0.4 is 15.6 Å². The molecule has 1 amide bonds. The average molecular weight is 440 g/mol. The molecular formula is C20H17N5O3S2. The van der Waals surface area contributed by atoms with E-state index < -0.39 is 0 Å². The molecule has 0 spiro atoms. The largest absolute Gasteiger partial charge is 0.495 e. The summed E-state index contributed by atoms with van der Waals surface area (Å²) in [5.74, 6) is 0.521. The monoisotopic (exact) mass is 439 g/mol. The number of ether oxygens (including phenoxy) is 1. The molecule has 4 rings (SSSR count). The van der Waals surface area contributed by atoms with Crippen molar-refractivity contribution >= 4 is 39.7 Å².